The molecule has 1 fully saturated rings. The van der Waals surface area contributed by atoms with E-state index in [0.29, 0.717) is 17.5 Å². The Balaban J connectivity index is 2.02. The first-order chi connectivity index (χ1) is 7.68. The van der Waals surface area contributed by atoms with Gasteiger partial charge >= 0.3 is 5.97 Å². The Morgan fingerprint density at radius 3 is 3.19 bits per heavy atom. The molecule has 5 heteroatoms. The third-order valence-electron chi connectivity index (χ3n) is 2.89. The monoisotopic (exact) mass is 241 g/mol. The van der Waals surface area contributed by atoms with Gasteiger partial charge in [0.2, 0.25) is 0 Å². The van der Waals surface area contributed by atoms with Gasteiger partial charge in [-0.05, 0) is 30.5 Å². The molecule has 1 aromatic rings. The van der Waals surface area contributed by atoms with Crippen molar-refractivity contribution in [1.82, 2.24) is 4.90 Å². The van der Waals surface area contributed by atoms with Crippen LogP contribution in [-0.2, 0) is 11.3 Å². The van der Waals surface area contributed by atoms with Crippen molar-refractivity contribution in [3.8, 4) is 0 Å². The fraction of sp³-hybridized carbons (Fsp3) is 0.545. The average Bonchev–Trinajstić information content (AvgIpc) is 2.86. The first-order valence-electron chi connectivity index (χ1n) is 5.26. The predicted octanol–water partition coefficient (Wildman–Crippen LogP) is 1.67. The summed E-state index contributed by atoms with van der Waals surface area (Å²) in [7, 11) is 2.02. The normalized spacial score (nSPS) is 20.5. The summed E-state index contributed by atoms with van der Waals surface area (Å²) in [4.78, 5) is 13.6. The maximum absolute atomic E-state index is 11.0. The number of thiophene rings is 1. The lowest BCUT2D eigenvalue weighted by Crippen LogP contribution is -2.31. The van der Waals surface area contributed by atoms with Crippen LogP contribution in [0.2, 0.25) is 0 Å². The van der Waals surface area contributed by atoms with E-state index in [2.05, 4.69) is 4.90 Å². The van der Waals surface area contributed by atoms with Gasteiger partial charge in [0.05, 0.1) is 6.61 Å². The Bertz CT molecular complexity index is 371. The third kappa shape index (κ3) is 2.42. The highest BCUT2D eigenvalue weighted by atomic mass is 32.1. The maximum atomic E-state index is 11.0. The first kappa shape index (κ1) is 11.6. The third-order valence-corrected chi connectivity index (χ3v) is 3.83. The van der Waals surface area contributed by atoms with Gasteiger partial charge in [-0.2, -0.15) is 0 Å². The highest BCUT2D eigenvalue weighted by molar-refractivity contribution is 7.12. The molecule has 0 aliphatic carbocycles. The van der Waals surface area contributed by atoms with Gasteiger partial charge in [-0.3, -0.25) is 4.90 Å². The van der Waals surface area contributed by atoms with Crippen LogP contribution in [0.1, 0.15) is 21.7 Å². The molecule has 0 spiro atoms. The Morgan fingerprint density at radius 2 is 2.56 bits per heavy atom. The largest absolute Gasteiger partial charge is 0.477 e. The minimum absolute atomic E-state index is 0.418. The SMILES string of the molecule is CN(Cc1ccsc1C(=O)O)C1CCOC1. The van der Waals surface area contributed by atoms with Crippen molar-refractivity contribution in [1.29, 1.82) is 0 Å². The van der Waals surface area contributed by atoms with Crippen molar-refractivity contribution < 1.29 is 14.6 Å². The second-order valence-corrected chi connectivity index (χ2v) is 4.93. The van der Waals surface area contributed by atoms with E-state index in [1.165, 1.54) is 11.3 Å². The molecule has 16 heavy (non-hydrogen) atoms. The standard InChI is InChI=1S/C11H15NO3S/c1-12(9-2-4-15-7-9)6-8-3-5-16-10(8)11(13)14/h3,5,9H,2,4,6-7H2,1H3,(H,13,14). The number of rotatable bonds is 4. The number of hydrogen-bond acceptors (Lipinski definition) is 4. The Kier molecular flexibility index (Phi) is 3.58. The van der Waals surface area contributed by atoms with Gasteiger partial charge in [-0.25, -0.2) is 4.79 Å². The van der Waals surface area contributed by atoms with Crippen LogP contribution in [0, 0.1) is 0 Å². The van der Waals surface area contributed by atoms with Crippen molar-refractivity contribution >= 4 is 17.3 Å². The summed E-state index contributed by atoms with van der Waals surface area (Å²) in [6, 6.07) is 2.31. The molecule has 4 nitrogen and oxygen atoms in total. The highest BCUT2D eigenvalue weighted by Gasteiger charge is 2.22. The summed E-state index contributed by atoms with van der Waals surface area (Å²) in [5.41, 5.74) is 0.895. The summed E-state index contributed by atoms with van der Waals surface area (Å²) in [5.74, 6) is -0.832. The van der Waals surface area contributed by atoms with Gasteiger partial charge in [0.1, 0.15) is 4.88 Å². The van der Waals surface area contributed by atoms with Crippen molar-refractivity contribution in [2.75, 3.05) is 20.3 Å². The number of nitrogens with zero attached hydrogens (tertiary/aromatic N) is 1. The second kappa shape index (κ2) is 4.95. The van der Waals surface area contributed by atoms with Crippen molar-refractivity contribution in [2.45, 2.75) is 19.0 Å². The predicted molar refractivity (Wildman–Crippen MR) is 62.0 cm³/mol. The van der Waals surface area contributed by atoms with Gasteiger partial charge < -0.3 is 9.84 Å². The van der Waals surface area contributed by atoms with Crippen LogP contribution < -0.4 is 0 Å². The number of carbonyl (C=O) groups is 1. The molecule has 0 bridgehead atoms. The van der Waals surface area contributed by atoms with E-state index in [0.717, 1.165) is 25.2 Å². The van der Waals surface area contributed by atoms with E-state index in [4.69, 9.17) is 9.84 Å². The lowest BCUT2D eigenvalue weighted by atomic mass is 10.2. The zero-order valence-electron chi connectivity index (χ0n) is 9.18. The number of aromatic carboxylic acids is 1. The molecule has 1 saturated heterocycles. The topological polar surface area (TPSA) is 49.8 Å². The molecule has 1 atom stereocenters. The molecule has 88 valence electrons. The van der Waals surface area contributed by atoms with Gasteiger partial charge in [-0.15, -0.1) is 11.3 Å². The number of hydrogen-bond donors (Lipinski definition) is 1. The summed E-state index contributed by atoms with van der Waals surface area (Å²) in [6.07, 6.45) is 1.03. The van der Waals surface area contributed by atoms with Crippen LogP contribution in [0.15, 0.2) is 11.4 Å². The lowest BCUT2D eigenvalue weighted by Gasteiger charge is -2.22. The van der Waals surface area contributed by atoms with Gasteiger partial charge in [-0.1, -0.05) is 0 Å². The van der Waals surface area contributed by atoms with Crippen LogP contribution in [-0.4, -0.2) is 42.3 Å². The Labute approximate surface area is 98.4 Å². The van der Waals surface area contributed by atoms with Crippen LogP contribution >= 0.6 is 11.3 Å². The zero-order chi connectivity index (χ0) is 11.5. The minimum atomic E-state index is -0.832. The van der Waals surface area contributed by atoms with E-state index in [-0.39, 0.29) is 0 Å². The molecule has 1 aliphatic rings. The van der Waals surface area contributed by atoms with Crippen LogP contribution in [0.25, 0.3) is 0 Å². The number of carboxylic acid groups (broad SMARTS) is 1. The minimum Gasteiger partial charge on any atom is -0.477 e. The second-order valence-electron chi connectivity index (χ2n) is 4.01. The molecule has 2 rings (SSSR count). The molecule has 0 saturated carbocycles. The van der Waals surface area contributed by atoms with Crippen LogP contribution in [0.3, 0.4) is 0 Å². The van der Waals surface area contributed by atoms with Crippen molar-refractivity contribution in [2.24, 2.45) is 0 Å². The van der Waals surface area contributed by atoms with E-state index in [1.807, 2.05) is 18.5 Å². The molecule has 0 amide bonds. The molecule has 2 heterocycles. The Hall–Kier alpha value is -0.910. The number of ether oxygens (including phenoxy) is 1. The molecule has 1 unspecified atom stereocenters. The van der Waals surface area contributed by atoms with E-state index in [9.17, 15) is 4.79 Å². The molecule has 1 aliphatic heterocycles. The smallest absolute Gasteiger partial charge is 0.346 e. The maximum Gasteiger partial charge on any atom is 0.346 e. The van der Waals surface area contributed by atoms with Gasteiger partial charge in [0.25, 0.3) is 0 Å². The highest BCUT2D eigenvalue weighted by Crippen LogP contribution is 2.20. The van der Waals surface area contributed by atoms with Crippen molar-refractivity contribution in [3.05, 3.63) is 21.9 Å². The Morgan fingerprint density at radius 1 is 1.75 bits per heavy atom. The fourth-order valence-corrected chi connectivity index (χ4v) is 2.67. The summed E-state index contributed by atoms with van der Waals surface area (Å²) < 4.78 is 5.32. The van der Waals surface area contributed by atoms with E-state index < -0.39 is 5.97 Å². The first-order valence-corrected chi connectivity index (χ1v) is 6.14. The quantitative estimate of drug-likeness (QED) is 0.871. The van der Waals surface area contributed by atoms with Crippen LogP contribution in [0.4, 0.5) is 0 Å². The van der Waals surface area contributed by atoms with Crippen molar-refractivity contribution in [3.63, 3.8) is 0 Å². The zero-order valence-corrected chi connectivity index (χ0v) is 10.00. The van der Waals surface area contributed by atoms with E-state index in [1.54, 1.807) is 0 Å². The molecule has 0 radical (unpaired) electrons. The lowest BCUT2D eigenvalue weighted by molar-refractivity contribution is 0.0699. The summed E-state index contributed by atoms with van der Waals surface area (Å²) in [6.45, 7) is 2.24. The number of carboxylic acids is 1. The molecular weight excluding hydrogens is 226 g/mol. The van der Waals surface area contributed by atoms with Gasteiger partial charge in [0, 0.05) is 19.2 Å². The fourth-order valence-electron chi connectivity index (χ4n) is 1.92. The molecule has 0 aromatic carbocycles. The molecular formula is C11H15NO3S. The van der Waals surface area contributed by atoms with Gasteiger partial charge in [0.15, 0.2) is 0 Å². The summed E-state index contributed by atoms with van der Waals surface area (Å²) >= 11 is 1.28. The molecule has 1 aromatic heterocycles. The number of likely N-dealkylation sites (N-methyl/N-ethyl adjacent to an activating group) is 1. The van der Waals surface area contributed by atoms with E-state index >= 15 is 0 Å². The average molecular weight is 241 g/mol. The summed E-state index contributed by atoms with van der Waals surface area (Å²) in [5, 5.41) is 10.8. The molecule has 1 N–H and O–H groups in total. The van der Waals surface area contributed by atoms with Crippen LogP contribution in [0.5, 0.6) is 0 Å².